The highest BCUT2D eigenvalue weighted by Crippen LogP contribution is 2.29. The van der Waals surface area contributed by atoms with Crippen molar-refractivity contribution >= 4 is 39.6 Å². The largest absolute Gasteiger partial charge is 0.355 e. The number of hydrogen-bond acceptors (Lipinski definition) is 4. The summed E-state index contributed by atoms with van der Waals surface area (Å²) in [6.45, 7) is 0. The van der Waals surface area contributed by atoms with Crippen molar-refractivity contribution in [2.45, 2.75) is 0 Å². The van der Waals surface area contributed by atoms with Gasteiger partial charge in [-0.3, -0.25) is 15.1 Å². The highest BCUT2D eigenvalue weighted by molar-refractivity contribution is 6.35. The van der Waals surface area contributed by atoms with Crippen LogP contribution in [0.3, 0.4) is 0 Å². The molecule has 0 atom stereocenters. The molecule has 0 aliphatic heterocycles. The third-order valence-electron chi connectivity index (χ3n) is 3.08. The summed E-state index contributed by atoms with van der Waals surface area (Å²) in [5.41, 5.74) is 2.37. The van der Waals surface area contributed by atoms with Crippen molar-refractivity contribution in [3.8, 4) is 0 Å². The van der Waals surface area contributed by atoms with E-state index in [1.807, 2.05) is 18.2 Å². The van der Waals surface area contributed by atoms with Crippen LogP contribution in [-0.4, -0.2) is 9.91 Å². The van der Waals surface area contributed by atoms with Gasteiger partial charge in [0.1, 0.15) is 0 Å². The van der Waals surface area contributed by atoms with Crippen LogP contribution in [0.25, 0.3) is 10.9 Å². The number of rotatable bonds is 3. The van der Waals surface area contributed by atoms with E-state index in [4.69, 9.17) is 11.6 Å². The van der Waals surface area contributed by atoms with Crippen LogP contribution in [0.1, 0.15) is 0 Å². The van der Waals surface area contributed by atoms with Crippen LogP contribution in [0, 0.1) is 10.1 Å². The van der Waals surface area contributed by atoms with Crippen LogP contribution in [0.4, 0.5) is 17.1 Å². The van der Waals surface area contributed by atoms with Gasteiger partial charge in [0.05, 0.1) is 15.5 Å². The van der Waals surface area contributed by atoms with E-state index in [2.05, 4.69) is 10.3 Å². The van der Waals surface area contributed by atoms with Gasteiger partial charge in [-0.15, -0.1) is 0 Å². The van der Waals surface area contributed by atoms with Gasteiger partial charge in [-0.2, -0.15) is 0 Å². The molecule has 1 N–H and O–H groups in total. The lowest BCUT2D eigenvalue weighted by atomic mass is 10.2. The van der Waals surface area contributed by atoms with Crippen molar-refractivity contribution < 1.29 is 4.92 Å². The van der Waals surface area contributed by atoms with E-state index >= 15 is 0 Å². The molecule has 0 unspecified atom stereocenters. The van der Waals surface area contributed by atoms with E-state index in [9.17, 15) is 10.1 Å². The number of nitro benzene ring substituents is 1. The molecule has 1 heterocycles. The first kappa shape index (κ1) is 13.3. The molecule has 21 heavy (non-hydrogen) atoms. The molecule has 0 radical (unpaired) electrons. The van der Waals surface area contributed by atoms with Crippen molar-refractivity contribution in [2.24, 2.45) is 0 Å². The minimum atomic E-state index is -0.425. The molecule has 0 aliphatic rings. The standard InChI is InChI=1S/C15H10ClN3O2/c16-13-3-1-2-12-14(8-9-17-15(12)13)18-10-4-6-11(7-5-10)19(20)21/h1-9H,(H,17,18). The molecule has 0 aliphatic carbocycles. The first-order valence-corrected chi connectivity index (χ1v) is 6.57. The number of nitrogens with one attached hydrogen (secondary N) is 1. The molecular formula is C15H10ClN3O2. The second-order valence-corrected chi connectivity index (χ2v) is 4.83. The molecule has 0 spiro atoms. The van der Waals surface area contributed by atoms with Gasteiger partial charge in [-0.25, -0.2) is 0 Å². The van der Waals surface area contributed by atoms with Crippen molar-refractivity contribution in [1.29, 1.82) is 0 Å². The Bertz CT molecular complexity index is 819. The molecule has 0 amide bonds. The van der Waals surface area contributed by atoms with Crippen LogP contribution >= 0.6 is 11.6 Å². The maximum atomic E-state index is 10.6. The highest BCUT2D eigenvalue weighted by atomic mass is 35.5. The van der Waals surface area contributed by atoms with E-state index in [1.165, 1.54) is 12.1 Å². The zero-order chi connectivity index (χ0) is 14.8. The summed E-state index contributed by atoms with van der Waals surface area (Å²) in [4.78, 5) is 14.5. The van der Waals surface area contributed by atoms with Crippen molar-refractivity contribution in [1.82, 2.24) is 4.98 Å². The maximum Gasteiger partial charge on any atom is 0.269 e. The second kappa shape index (κ2) is 5.38. The smallest absolute Gasteiger partial charge is 0.269 e. The molecular weight excluding hydrogens is 290 g/mol. The molecule has 3 aromatic rings. The van der Waals surface area contributed by atoms with Gasteiger partial charge in [0, 0.05) is 35.1 Å². The molecule has 0 saturated heterocycles. The molecule has 104 valence electrons. The summed E-state index contributed by atoms with van der Waals surface area (Å²) >= 11 is 6.12. The van der Waals surface area contributed by atoms with Gasteiger partial charge in [-0.05, 0) is 24.3 Å². The summed E-state index contributed by atoms with van der Waals surface area (Å²) in [7, 11) is 0. The zero-order valence-corrected chi connectivity index (χ0v) is 11.5. The average molecular weight is 300 g/mol. The lowest BCUT2D eigenvalue weighted by Crippen LogP contribution is -1.94. The number of pyridine rings is 1. The molecule has 5 nitrogen and oxygen atoms in total. The van der Waals surface area contributed by atoms with Crippen LogP contribution in [0.5, 0.6) is 0 Å². The first-order chi connectivity index (χ1) is 10.1. The minimum absolute atomic E-state index is 0.0585. The summed E-state index contributed by atoms with van der Waals surface area (Å²) in [5.74, 6) is 0. The van der Waals surface area contributed by atoms with Crippen LogP contribution in [0.2, 0.25) is 5.02 Å². The van der Waals surface area contributed by atoms with E-state index in [1.54, 1.807) is 24.4 Å². The number of hydrogen-bond donors (Lipinski definition) is 1. The van der Waals surface area contributed by atoms with Crippen molar-refractivity contribution in [3.05, 3.63) is 69.9 Å². The molecule has 0 saturated carbocycles. The molecule has 2 aromatic carbocycles. The first-order valence-electron chi connectivity index (χ1n) is 6.20. The maximum absolute atomic E-state index is 10.6. The molecule has 6 heteroatoms. The van der Waals surface area contributed by atoms with Gasteiger partial charge in [0.2, 0.25) is 0 Å². The summed E-state index contributed by atoms with van der Waals surface area (Å²) in [6, 6.07) is 13.6. The normalized spacial score (nSPS) is 10.5. The van der Waals surface area contributed by atoms with Gasteiger partial charge in [0.15, 0.2) is 0 Å². The van der Waals surface area contributed by atoms with Crippen molar-refractivity contribution in [3.63, 3.8) is 0 Å². The summed E-state index contributed by atoms with van der Waals surface area (Å²) in [5, 5.41) is 15.3. The second-order valence-electron chi connectivity index (χ2n) is 4.42. The van der Waals surface area contributed by atoms with E-state index < -0.39 is 4.92 Å². The van der Waals surface area contributed by atoms with E-state index in [-0.39, 0.29) is 5.69 Å². The number of halogens is 1. The Labute approximate surface area is 125 Å². The Hall–Kier alpha value is -2.66. The lowest BCUT2D eigenvalue weighted by molar-refractivity contribution is -0.384. The fourth-order valence-corrected chi connectivity index (χ4v) is 2.29. The van der Waals surface area contributed by atoms with E-state index in [0.29, 0.717) is 10.5 Å². The number of fused-ring (bicyclic) bond motifs is 1. The van der Waals surface area contributed by atoms with Gasteiger partial charge in [-0.1, -0.05) is 23.7 Å². The Balaban J connectivity index is 1.98. The van der Waals surface area contributed by atoms with Gasteiger partial charge >= 0.3 is 0 Å². The monoisotopic (exact) mass is 299 g/mol. The third-order valence-corrected chi connectivity index (χ3v) is 3.38. The van der Waals surface area contributed by atoms with Gasteiger partial charge in [0.25, 0.3) is 5.69 Å². The minimum Gasteiger partial charge on any atom is -0.355 e. The number of nitro groups is 1. The molecule has 0 fully saturated rings. The Morgan fingerprint density at radius 3 is 2.57 bits per heavy atom. The Morgan fingerprint density at radius 2 is 1.86 bits per heavy atom. The predicted octanol–water partition coefficient (Wildman–Crippen LogP) is 4.54. The van der Waals surface area contributed by atoms with Gasteiger partial charge < -0.3 is 5.32 Å². The number of nitrogens with zero attached hydrogens (tertiary/aromatic N) is 2. The quantitative estimate of drug-likeness (QED) is 0.569. The number of para-hydroxylation sites is 1. The Kier molecular flexibility index (Phi) is 3.41. The number of non-ortho nitro benzene ring substituents is 1. The summed E-state index contributed by atoms with van der Waals surface area (Å²) in [6.07, 6.45) is 1.67. The third kappa shape index (κ3) is 2.64. The number of benzene rings is 2. The highest BCUT2D eigenvalue weighted by Gasteiger charge is 2.07. The molecule has 3 rings (SSSR count). The number of aromatic nitrogens is 1. The van der Waals surface area contributed by atoms with E-state index in [0.717, 1.165) is 16.8 Å². The van der Waals surface area contributed by atoms with Crippen LogP contribution < -0.4 is 5.32 Å². The predicted molar refractivity (Wildman–Crippen MR) is 83.1 cm³/mol. The average Bonchev–Trinajstić information content (AvgIpc) is 2.49. The SMILES string of the molecule is O=[N+]([O-])c1ccc(Nc2ccnc3c(Cl)cccc23)cc1. The topological polar surface area (TPSA) is 68.1 Å². The zero-order valence-electron chi connectivity index (χ0n) is 10.8. The molecule has 1 aromatic heterocycles. The molecule has 0 bridgehead atoms. The lowest BCUT2D eigenvalue weighted by Gasteiger charge is -2.09. The summed E-state index contributed by atoms with van der Waals surface area (Å²) < 4.78 is 0. The Morgan fingerprint density at radius 1 is 1.10 bits per heavy atom. The fourth-order valence-electron chi connectivity index (χ4n) is 2.07. The van der Waals surface area contributed by atoms with Crippen molar-refractivity contribution in [2.75, 3.05) is 5.32 Å². The number of anilines is 2. The van der Waals surface area contributed by atoms with Crippen LogP contribution in [-0.2, 0) is 0 Å². The van der Waals surface area contributed by atoms with Crippen LogP contribution in [0.15, 0.2) is 54.7 Å². The fraction of sp³-hybridized carbons (Fsp3) is 0.